The molecule has 2 aromatic rings. The summed E-state index contributed by atoms with van der Waals surface area (Å²) in [5.41, 5.74) is 6.54. The lowest BCUT2D eigenvalue weighted by Gasteiger charge is -2.21. The minimum atomic E-state index is -1.19. The van der Waals surface area contributed by atoms with E-state index in [4.69, 9.17) is 5.73 Å². The Hall–Kier alpha value is -3.21. The number of aromatic amines is 2. The summed E-state index contributed by atoms with van der Waals surface area (Å²) >= 11 is 0. The summed E-state index contributed by atoms with van der Waals surface area (Å²) in [5.74, 6) is -2.20. The van der Waals surface area contributed by atoms with E-state index in [9.17, 15) is 19.5 Å². The van der Waals surface area contributed by atoms with E-state index in [1.165, 1.54) is 25.0 Å². The van der Waals surface area contributed by atoms with Gasteiger partial charge in [-0.2, -0.15) is 0 Å². The Bertz CT molecular complexity index is 714. The van der Waals surface area contributed by atoms with Crippen LogP contribution >= 0.6 is 0 Å². The highest BCUT2D eigenvalue weighted by Gasteiger charge is 2.27. The van der Waals surface area contributed by atoms with Gasteiger partial charge in [0.05, 0.1) is 12.7 Å². The molecule has 2 unspecified atom stereocenters. The van der Waals surface area contributed by atoms with E-state index in [2.05, 4.69) is 30.6 Å². The lowest BCUT2D eigenvalue weighted by Crippen LogP contribution is -2.53. The van der Waals surface area contributed by atoms with E-state index in [0.717, 1.165) is 0 Å². The van der Waals surface area contributed by atoms with Gasteiger partial charge in [-0.1, -0.05) is 0 Å². The molecular formula is C15H21N7O4. The number of nitrogens with zero attached hydrogens (tertiary/aromatic N) is 2. The molecule has 140 valence electrons. The summed E-state index contributed by atoms with van der Waals surface area (Å²) in [5, 5.41) is 14.4. The second kappa shape index (κ2) is 9.32. The first-order valence-corrected chi connectivity index (χ1v) is 7.96. The standard InChI is InChI=1S/C15H21N7O4/c16-2-1-13(23)21-11(3-9-5-17-7-19-9)14(24)22-12(15(25)26)4-10-6-18-8-20-10/h5-8,11-12H,1-4,16H2,(H,17,19)(H,18,20)(H,21,23)(H,22,24)(H,25,26). The van der Waals surface area contributed by atoms with Crippen molar-refractivity contribution in [3.05, 3.63) is 36.4 Å². The third kappa shape index (κ3) is 5.70. The highest BCUT2D eigenvalue weighted by molar-refractivity contribution is 5.90. The van der Waals surface area contributed by atoms with Gasteiger partial charge in [0.25, 0.3) is 0 Å². The number of nitrogens with one attached hydrogen (secondary N) is 4. The number of imidazole rings is 2. The highest BCUT2D eigenvalue weighted by atomic mass is 16.4. The summed E-state index contributed by atoms with van der Waals surface area (Å²) in [6, 6.07) is -2.13. The Morgan fingerprint density at radius 3 is 2.08 bits per heavy atom. The fourth-order valence-corrected chi connectivity index (χ4v) is 2.31. The normalized spacial score (nSPS) is 13.0. The number of carbonyl (C=O) groups is 3. The summed E-state index contributed by atoms with van der Waals surface area (Å²) in [4.78, 5) is 49.2. The molecule has 0 aliphatic heterocycles. The number of carboxylic acids is 1. The van der Waals surface area contributed by atoms with Crippen LogP contribution in [0.3, 0.4) is 0 Å². The van der Waals surface area contributed by atoms with Crippen LogP contribution in [0.4, 0.5) is 0 Å². The maximum atomic E-state index is 12.6. The van der Waals surface area contributed by atoms with Gasteiger partial charge in [0.2, 0.25) is 11.8 Å². The van der Waals surface area contributed by atoms with Gasteiger partial charge in [0, 0.05) is 49.6 Å². The van der Waals surface area contributed by atoms with Crippen molar-refractivity contribution >= 4 is 17.8 Å². The summed E-state index contributed by atoms with van der Waals surface area (Å²) < 4.78 is 0. The Kier molecular flexibility index (Phi) is 6.85. The minimum absolute atomic E-state index is 0.0363. The van der Waals surface area contributed by atoms with Crippen molar-refractivity contribution in [3.8, 4) is 0 Å². The first kappa shape index (κ1) is 19.1. The number of amides is 2. The van der Waals surface area contributed by atoms with Crippen LogP contribution in [0, 0.1) is 0 Å². The molecule has 0 saturated heterocycles. The molecule has 0 aromatic carbocycles. The Morgan fingerprint density at radius 2 is 1.62 bits per heavy atom. The predicted octanol–water partition coefficient (Wildman–Crippen LogP) is -1.68. The van der Waals surface area contributed by atoms with Crippen LogP contribution in [-0.4, -0.2) is 61.5 Å². The fourth-order valence-electron chi connectivity index (χ4n) is 2.31. The molecule has 0 spiro atoms. The quantitative estimate of drug-likeness (QED) is 0.292. The molecule has 0 radical (unpaired) electrons. The first-order chi connectivity index (χ1) is 12.5. The van der Waals surface area contributed by atoms with Crippen molar-refractivity contribution < 1.29 is 19.5 Å². The number of H-pyrrole nitrogens is 2. The van der Waals surface area contributed by atoms with Crippen LogP contribution < -0.4 is 16.4 Å². The van der Waals surface area contributed by atoms with Gasteiger partial charge in [0.15, 0.2) is 0 Å². The highest BCUT2D eigenvalue weighted by Crippen LogP contribution is 2.03. The van der Waals surface area contributed by atoms with Crippen molar-refractivity contribution in [1.82, 2.24) is 30.6 Å². The largest absolute Gasteiger partial charge is 0.480 e. The van der Waals surface area contributed by atoms with Gasteiger partial charge in [-0.05, 0) is 0 Å². The van der Waals surface area contributed by atoms with Crippen LogP contribution in [0.15, 0.2) is 25.0 Å². The molecule has 2 aromatic heterocycles. The lowest BCUT2D eigenvalue weighted by molar-refractivity contribution is -0.142. The molecule has 2 heterocycles. The Balaban J connectivity index is 2.06. The third-order valence-electron chi connectivity index (χ3n) is 3.60. The van der Waals surface area contributed by atoms with E-state index >= 15 is 0 Å². The molecule has 26 heavy (non-hydrogen) atoms. The molecule has 0 fully saturated rings. The molecule has 11 nitrogen and oxygen atoms in total. The van der Waals surface area contributed by atoms with Crippen LogP contribution in [0.1, 0.15) is 17.8 Å². The van der Waals surface area contributed by atoms with Gasteiger partial charge < -0.3 is 31.4 Å². The molecule has 0 aliphatic carbocycles. The molecule has 2 rings (SSSR count). The molecule has 2 atom stereocenters. The van der Waals surface area contributed by atoms with Crippen molar-refractivity contribution in [3.63, 3.8) is 0 Å². The van der Waals surface area contributed by atoms with Gasteiger partial charge in [-0.3, -0.25) is 9.59 Å². The Labute approximate surface area is 148 Å². The fraction of sp³-hybridized carbons (Fsp3) is 0.400. The Morgan fingerprint density at radius 1 is 1.04 bits per heavy atom. The van der Waals surface area contributed by atoms with E-state index in [1.54, 1.807) is 0 Å². The predicted molar refractivity (Wildman–Crippen MR) is 89.8 cm³/mol. The van der Waals surface area contributed by atoms with E-state index < -0.39 is 29.9 Å². The van der Waals surface area contributed by atoms with Gasteiger partial charge in [0.1, 0.15) is 12.1 Å². The monoisotopic (exact) mass is 363 g/mol. The van der Waals surface area contributed by atoms with Gasteiger partial charge >= 0.3 is 5.97 Å². The van der Waals surface area contributed by atoms with E-state index in [-0.39, 0.29) is 25.8 Å². The maximum Gasteiger partial charge on any atom is 0.326 e. The smallest absolute Gasteiger partial charge is 0.326 e. The van der Waals surface area contributed by atoms with Gasteiger partial charge in [-0.15, -0.1) is 0 Å². The van der Waals surface area contributed by atoms with E-state index in [0.29, 0.717) is 11.4 Å². The number of aliphatic carboxylic acids is 1. The molecule has 0 aliphatic rings. The second-order valence-electron chi connectivity index (χ2n) is 5.62. The molecule has 0 saturated carbocycles. The summed E-state index contributed by atoms with van der Waals surface area (Å²) in [6.45, 7) is 0.141. The van der Waals surface area contributed by atoms with Crippen LogP contribution in [0.2, 0.25) is 0 Å². The maximum absolute atomic E-state index is 12.6. The number of nitrogens with two attached hydrogens (primary N) is 1. The number of hydrogen-bond donors (Lipinski definition) is 6. The second-order valence-corrected chi connectivity index (χ2v) is 5.62. The number of carbonyl (C=O) groups excluding carboxylic acids is 2. The van der Waals surface area contributed by atoms with Crippen LogP contribution in [-0.2, 0) is 27.2 Å². The average Bonchev–Trinajstić information content (AvgIpc) is 3.27. The van der Waals surface area contributed by atoms with Gasteiger partial charge in [-0.25, -0.2) is 14.8 Å². The molecule has 11 heteroatoms. The topological polar surface area (TPSA) is 179 Å². The van der Waals surface area contributed by atoms with Crippen LogP contribution in [0.5, 0.6) is 0 Å². The van der Waals surface area contributed by atoms with Crippen molar-refractivity contribution in [2.45, 2.75) is 31.3 Å². The molecular weight excluding hydrogens is 342 g/mol. The molecule has 2 amide bonds. The minimum Gasteiger partial charge on any atom is -0.480 e. The zero-order chi connectivity index (χ0) is 18.9. The molecule has 0 bridgehead atoms. The number of carboxylic acid groups (broad SMARTS) is 1. The summed E-state index contributed by atoms with van der Waals surface area (Å²) in [7, 11) is 0. The third-order valence-corrected chi connectivity index (χ3v) is 3.60. The van der Waals surface area contributed by atoms with Crippen LogP contribution in [0.25, 0.3) is 0 Å². The summed E-state index contributed by atoms with van der Waals surface area (Å²) in [6.07, 6.45) is 6.10. The van der Waals surface area contributed by atoms with E-state index in [1.807, 2.05) is 0 Å². The number of rotatable bonds is 10. The number of aromatic nitrogens is 4. The van der Waals surface area contributed by atoms with Crippen molar-refractivity contribution in [2.75, 3.05) is 6.54 Å². The first-order valence-electron chi connectivity index (χ1n) is 7.96. The van der Waals surface area contributed by atoms with Crippen molar-refractivity contribution in [1.29, 1.82) is 0 Å². The lowest BCUT2D eigenvalue weighted by atomic mass is 10.1. The molecule has 7 N–H and O–H groups in total. The SMILES string of the molecule is NCCC(=O)NC(Cc1cnc[nH]1)C(=O)NC(Cc1cnc[nH]1)C(=O)O. The number of hydrogen-bond acceptors (Lipinski definition) is 6. The zero-order valence-corrected chi connectivity index (χ0v) is 13.9. The zero-order valence-electron chi connectivity index (χ0n) is 13.9. The van der Waals surface area contributed by atoms with Crippen molar-refractivity contribution in [2.24, 2.45) is 5.73 Å². The average molecular weight is 363 g/mol.